The molecule has 0 aromatic rings. The topological polar surface area (TPSA) is 20.2 Å². The van der Waals surface area contributed by atoms with Crippen LogP contribution in [0.25, 0.3) is 0 Å². The van der Waals surface area contributed by atoms with Crippen molar-refractivity contribution in [1.82, 2.24) is 0 Å². The smallest absolute Gasteiger partial charge is 0.0493 e. The second-order valence-corrected chi connectivity index (χ2v) is 4.14. The van der Waals surface area contributed by atoms with Gasteiger partial charge in [0, 0.05) is 12.0 Å². The Bertz CT molecular complexity index is 139. The third-order valence-electron chi connectivity index (χ3n) is 2.45. The largest absolute Gasteiger partial charge is 0.396 e. The molecule has 0 aromatic heterocycles. The molecule has 0 heterocycles. The minimum Gasteiger partial charge on any atom is -0.396 e. The minimum atomic E-state index is 0.203. The predicted molar refractivity (Wildman–Crippen MR) is 47.3 cm³/mol. The monoisotopic (exact) mass is 154 g/mol. The second-order valence-electron chi connectivity index (χ2n) is 4.14. The Balaban J connectivity index is 2.48. The highest BCUT2D eigenvalue weighted by Crippen LogP contribution is 2.38. The van der Waals surface area contributed by atoms with Crippen LogP contribution in [0.15, 0.2) is 12.2 Å². The summed E-state index contributed by atoms with van der Waals surface area (Å²) in [6.45, 7) is 4.78. The lowest BCUT2D eigenvalue weighted by Crippen LogP contribution is -2.23. The van der Waals surface area contributed by atoms with Crippen LogP contribution in [-0.2, 0) is 0 Å². The first-order valence-electron chi connectivity index (χ1n) is 4.44. The van der Waals surface area contributed by atoms with Crippen molar-refractivity contribution >= 4 is 0 Å². The van der Waals surface area contributed by atoms with Crippen LogP contribution < -0.4 is 0 Å². The molecule has 0 atom stereocenters. The van der Waals surface area contributed by atoms with Crippen molar-refractivity contribution in [3.63, 3.8) is 0 Å². The van der Waals surface area contributed by atoms with Crippen LogP contribution in [0, 0.1) is 11.3 Å². The Labute approximate surface area is 69.1 Å². The number of rotatable bonds is 3. The Morgan fingerprint density at radius 3 is 2.27 bits per heavy atom. The van der Waals surface area contributed by atoms with E-state index < -0.39 is 0 Å². The molecule has 0 fully saturated rings. The first-order chi connectivity index (χ1) is 5.18. The molecule has 0 amide bonds. The van der Waals surface area contributed by atoms with Crippen molar-refractivity contribution in [3.8, 4) is 0 Å². The molecule has 1 aliphatic rings. The number of hydrogen-bond acceptors (Lipinski definition) is 1. The van der Waals surface area contributed by atoms with E-state index in [1.54, 1.807) is 0 Å². The fraction of sp³-hybridized carbons (Fsp3) is 0.800. The quantitative estimate of drug-likeness (QED) is 0.619. The van der Waals surface area contributed by atoms with E-state index in [4.69, 9.17) is 0 Å². The molecule has 0 spiro atoms. The van der Waals surface area contributed by atoms with Gasteiger partial charge in [-0.05, 0) is 25.2 Å². The predicted octanol–water partition coefficient (Wildman–Crippen LogP) is 2.36. The maximum atomic E-state index is 9.23. The van der Waals surface area contributed by atoms with E-state index in [9.17, 15) is 5.11 Å². The van der Waals surface area contributed by atoms with Gasteiger partial charge in [0.25, 0.3) is 0 Å². The van der Waals surface area contributed by atoms with Crippen LogP contribution in [0.3, 0.4) is 0 Å². The molecule has 0 radical (unpaired) electrons. The summed E-state index contributed by atoms with van der Waals surface area (Å²) in [7, 11) is 0. The van der Waals surface area contributed by atoms with Gasteiger partial charge >= 0.3 is 0 Å². The van der Waals surface area contributed by atoms with E-state index in [2.05, 4.69) is 26.0 Å². The van der Waals surface area contributed by atoms with E-state index >= 15 is 0 Å². The maximum absolute atomic E-state index is 9.23. The summed E-state index contributed by atoms with van der Waals surface area (Å²) in [5, 5.41) is 9.23. The molecule has 0 unspecified atom stereocenters. The van der Waals surface area contributed by atoms with E-state index in [-0.39, 0.29) is 5.41 Å². The van der Waals surface area contributed by atoms with Crippen LogP contribution in [0.4, 0.5) is 0 Å². The highest BCUT2D eigenvalue weighted by molar-refractivity contribution is 5.02. The van der Waals surface area contributed by atoms with E-state index in [0.717, 1.165) is 19.3 Å². The Kier molecular flexibility index (Phi) is 2.72. The van der Waals surface area contributed by atoms with Crippen LogP contribution >= 0.6 is 0 Å². The highest BCUT2D eigenvalue weighted by Gasteiger charge is 2.30. The molecule has 0 bridgehead atoms. The summed E-state index contributed by atoms with van der Waals surface area (Å²) in [5.74, 6) is 0.696. The van der Waals surface area contributed by atoms with Gasteiger partial charge in [-0.3, -0.25) is 0 Å². The van der Waals surface area contributed by atoms with Crippen molar-refractivity contribution < 1.29 is 5.11 Å². The molecule has 0 saturated heterocycles. The molecule has 1 aliphatic carbocycles. The Morgan fingerprint density at radius 2 is 1.91 bits per heavy atom. The molecule has 1 N–H and O–H groups in total. The maximum Gasteiger partial charge on any atom is 0.0493 e. The summed E-state index contributed by atoms with van der Waals surface area (Å²) >= 11 is 0. The molecular weight excluding hydrogens is 136 g/mol. The highest BCUT2D eigenvalue weighted by atomic mass is 16.3. The van der Waals surface area contributed by atoms with Crippen LogP contribution in [0.1, 0.15) is 33.1 Å². The lowest BCUT2D eigenvalue weighted by Gasteiger charge is -2.28. The SMILES string of the molecule is CC(C)CC1(CO)CC=CC1. The average Bonchev–Trinajstić information content (AvgIpc) is 2.36. The molecule has 11 heavy (non-hydrogen) atoms. The number of hydrogen-bond donors (Lipinski definition) is 1. The summed E-state index contributed by atoms with van der Waals surface area (Å²) < 4.78 is 0. The van der Waals surface area contributed by atoms with Crippen LogP contribution in [0.2, 0.25) is 0 Å². The first kappa shape index (κ1) is 8.79. The molecule has 64 valence electrons. The van der Waals surface area contributed by atoms with E-state index in [0.29, 0.717) is 12.5 Å². The van der Waals surface area contributed by atoms with Gasteiger partial charge in [0.2, 0.25) is 0 Å². The Hall–Kier alpha value is -0.300. The van der Waals surface area contributed by atoms with Gasteiger partial charge in [-0.25, -0.2) is 0 Å². The molecule has 1 nitrogen and oxygen atoms in total. The van der Waals surface area contributed by atoms with Gasteiger partial charge in [0.1, 0.15) is 0 Å². The third-order valence-corrected chi connectivity index (χ3v) is 2.45. The standard InChI is InChI=1S/C10H18O/c1-9(2)7-10(8-11)5-3-4-6-10/h3-4,9,11H,5-8H2,1-2H3. The molecule has 0 saturated carbocycles. The fourth-order valence-corrected chi connectivity index (χ4v) is 1.98. The number of allylic oxidation sites excluding steroid dienone is 2. The zero-order valence-corrected chi connectivity index (χ0v) is 7.51. The Morgan fingerprint density at radius 1 is 1.36 bits per heavy atom. The van der Waals surface area contributed by atoms with E-state index in [1.807, 2.05) is 0 Å². The summed E-state index contributed by atoms with van der Waals surface area (Å²) in [4.78, 5) is 0. The summed E-state index contributed by atoms with van der Waals surface area (Å²) in [6.07, 6.45) is 7.68. The van der Waals surface area contributed by atoms with Crippen LogP contribution in [0.5, 0.6) is 0 Å². The lowest BCUT2D eigenvalue weighted by atomic mass is 9.79. The molecule has 1 heteroatoms. The first-order valence-corrected chi connectivity index (χ1v) is 4.44. The van der Waals surface area contributed by atoms with Crippen LogP contribution in [-0.4, -0.2) is 11.7 Å². The summed E-state index contributed by atoms with van der Waals surface area (Å²) in [6, 6.07) is 0. The zero-order valence-electron chi connectivity index (χ0n) is 7.51. The van der Waals surface area contributed by atoms with Gasteiger partial charge in [0.15, 0.2) is 0 Å². The molecular formula is C10H18O. The van der Waals surface area contributed by atoms with Gasteiger partial charge in [0.05, 0.1) is 0 Å². The molecule has 0 aromatic carbocycles. The lowest BCUT2D eigenvalue weighted by molar-refractivity contribution is 0.112. The van der Waals surface area contributed by atoms with Gasteiger partial charge in [-0.2, -0.15) is 0 Å². The van der Waals surface area contributed by atoms with Gasteiger partial charge in [-0.1, -0.05) is 26.0 Å². The van der Waals surface area contributed by atoms with Crippen molar-refractivity contribution in [1.29, 1.82) is 0 Å². The van der Waals surface area contributed by atoms with Crippen molar-refractivity contribution in [2.45, 2.75) is 33.1 Å². The fourth-order valence-electron chi connectivity index (χ4n) is 1.98. The van der Waals surface area contributed by atoms with E-state index in [1.165, 1.54) is 0 Å². The zero-order chi connectivity index (χ0) is 8.32. The molecule has 1 rings (SSSR count). The van der Waals surface area contributed by atoms with Crippen molar-refractivity contribution in [2.24, 2.45) is 11.3 Å². The normalized spacial score (nSPS) is 21.5. The number of aliphatic hydroxyl groups excluding tert-OH is 1. The minimum absolute atomic E-state index is 0.203. The van der Waals surface area contributed by atoms with Crippen molar-refractivity contribution in [3.05, 3.63) is 12.2 Å². The summed E-state index contributed by atoms with van der Waals surface area (Å²) in [5.41, 5.74) is 0.203. The second kappa shape index (κ2) is 3.40. The third kappa shape index (κ3) is 2.06. The van der Waals surface area contributed by atoms with Gasteiger partial charge in [-0.15, -0.1) is 0 Å². The average molecular weight is 154 g/mol. The van der Waals surface area contributed by atoms with Gasteiger partial charge < -0.3 is 5.11 Å². The van der Waals surface area contributed by atoms with Crippen molar-refractivity contribution in [2.75, 3.05) is 6.61 Å². The number of aliphatic hydroxyl groups is 1. The molecule has 0 aliphatic heterocycles.